The highest BCUT2D eigenvalue weighted by Gasteiger charge is 2.35. The van der Waals surface area contributed by atoms with Crippen LogP contribution in [0.1, 0.15) is 34.0 Å². The summed E-state index contributed by atoms with van der Waals surface area (Å²) >= 11 is 11.0. The first-order valence-corrected chi connectivity index (χ1v) is 12.4. The Morgan fingerprint density at radius 2 is 1.97 bits per heavy atom. The van der Waals surface area contributed by atoms with Crippen LogP contribution in [0.2, 0.25) is 5.02 Å². The number of rotatable bonds is 7. The van der Waals surface area contributed by atoms with Crippen LogP contribution in [0, 0.1) is 0 Å². The number of alkyl halides is 3. The Hall–Kier alpha value is -1.26. The van der Waals surface area contributed by atoms with E-state index in [0.29, 0.717) is 18.1 Å². The van der Waals surface area contributed by atoms with E-state index < -0.39 is 17.6 Å². The van der Waals surface area contributed by atoms with Gasteiger partial charge in [0.15, 0.2) is 0 Å². The van der Waals surface area contributed by atoms with E-state index in [0.717, 1.165) is 35.4 Å². The Morgan fingerprint density at radius 3 is 2.62 bits per heavy atom. The van der Waals surface area contributed by atoms with Gasteiger partial charge < -0.3 is 10.6 Å². The SMILES string of the molecule is CCSc1ccc(Cl)cc1CNC(=O)c1cc(Br)c(CN2CCNCC2)c(C(F)(F)F)c1. The molecule has 0 saturated carbocycles. The average Bonchev–Trinajstić information content (AvgIpc) is 2.75. The molecule has 2 aromatic carbocycles. The molecule has 0 bridgehead atoms. The molecule has 1 aliphatic rings. The van der Waals surface area contributed by atoms with Crippen molar-refractivity contribution in [2.45, 2.75) is 31.1 Å². The molecule has 1 aliphatic heterocycles. The van der Waals surface area contributed by atoms with Crippen LogP contribution >= 0.6 is 39.3 Å². The van der Waals surface area contributed by atoms with Crippen molar-refractivity contribution in [3.63, 3.8) is 0 Å². The zero-order chi connectivity index (χ0) is 23.3. The van der Waals surface area contributed by atoms with Gasteiger partial charge in [-0.3, -0.25) is 9.69 Å². The molecule has 1 saturated heterocycles. The summed E-state index contributed by atoms with van der Waals surface area (Å²) < 4.78 is 41.9. The van der Waals surface area contributed by atoms with E-state index in [1.807, 2.05) is 17.9 Å². The van der Waals surface area contributed by atoms with E-state index in [4.69, 9.17) is 11.6 Å². The number of nitrogens with zero attached hydrogens (tertiary/aromatic N) is 1. The number of hydrogen-bond donors (Lipinski definition) is 2. The molecule has 0 unspecified atom stereocenters. The maximum absolute atomic E-state index is 13.9. The Morgan fingerprint density at radius 1 is 1.25 bits per heavy atom. The fourth-order valence-electron chi connectivity index (χ4n) is 3.53. The first kappa shape index (κ1) is 25.4. The molecule has 0 spiro atoms. The molecule has 4 nitrogen and oxygen atoms in total. The highest BCUT2D eigenvalue weighted by atomic mass is 79.9. The molecule has 174 valence electrons. The zero-order valence-corrected chi connectivity index (χ0v) is 20.6. The molecule has 1 amide bonds. The van der Waals surface area contributed by atoms with E-state index in [1.54, 1.807) is 23.9 Å². The highest BCUT2D eigenvalue weighted by Crippen LogP contribution is 2.37. The number of amides is 1. The van der Waals surface area contributed by atoms with Gasteiger partial charge in [-0.05, 0) is 47.2 Å². The van der Waals surface area contributed by atoms with Gasteiger partial charge in [0.25, 0.3) is 5.91 Å². The molecule has 0 aliphatic carbocycles. The molecule has 2 N–H and O–H groups in total. The van der Waals surface area contributed by atoms with Crippen LogP contribution in [0.5, 0.6) is 0 Å². The summed E-state index contributed by atoms with van der Waals surface area (Å²) in [5.41, 5.74) is 0.135. The van der Waals surface area contributed by atoms with E-state index >= 15 is 0 Å². The van der Waals surface area contributed by atoms with Gasteiger partial charge in [-0.2, -0.15) is 13.2 Å². The summed E-state index contributed by atoms with van der Waals surface area (Å²) in [6, 6.07) is 7.81. The van der Waals surface area contributed by atoms with Crippen LogP contribution in [0.25, 0.3) is 0 Å². The predicted octanol–water partition coefficient (Wildman–Crippen LogP) is 5.57. The lowest BCUT2D eigenvalue weighted by molar-refractivity contribution is -0.138. The van der Waals surface area contributed by atoms with Crippen molar-refractivity contribution in [3.05, 3.63) is 62.1 Å². The van der Waals surface area contributed by atoms with E-state index in [1.165, 1.54) is 6.07 Å². The molecular formula is C22H24BrClF3N3OS. The molecule has 2 aromatic rings. The van der Waals surface area contributed by atoms with Crippen molar-refractivity contribution >= 4 is 45.2 Å². The molecule has 1 heterocycles. The van der Waals surface area contributed by atoms with E-state index in [2.05, 4.69) is 26.6 Å². The van der Waals surface area contributed by atoms with Crippen molar-refractivity contribution < 1.29 is 18.0 Å². The lowest BCUT2D eigenvalue weighted by Gasteiger charge is -2.29. The maximum Gasteiger partial charge on any atom is 0.416 e. The van der Waals surface area contributed by atoms with Gasteiger partial charge in [0, 0.05) is 59.2 Å². The number of benzene rings is 2. The van der Waals surface area contributed by atoms with Crippen molar-refractivity contribution in [2.75, 3.05) is 31.9 Å². The lowest BCUT2D eigenvalue weighted by atomic mass is 10.0. The molecular weight excluding hydrogens is 527 g/mol. The second-order valence-corrected chi connectivity index (χ2v) is 9.97. The number of thioether (sulfide) groups is 1. The fraction of sp³-hybridized carbons (Fsp3) is 0.409. The van der Waals surface area contributed by atoms with Gasteiger partial charge in [-0.1, -0.05) is 34.5 Å². The molecule has 0 atom stereocenters. The minimum Gasteiger partial charge on any atom is -0.348 e. The largest absolute Gasteiger partial charge is 0.416 e. The summed E-state index contributed by atoms with van der Waals surface area (Å²) in [6.07, 6.45) is -4.57. The normalized spacial score (nSPS) is 15.1. The van der Waals surface area contributed by atoms with Gasteiger partial charge in [0.2, 0.25) is 0 Å². The lowest BCUT2D eigenvalue weighted by Crippen LogP contribution is -2.43. The van der Waals surface area contributed by atoms with Gasteiger partial charge >= 0.3 is 6.18 Å². The Bertz CT molecular complexity index is 968. The number of hydrogen-bond acceptors (Lipinski definition) is 4. The molecule has 0 aromatic heterocycles. The second kappa shape index (κ2) is 11.2. The van der Waals surface area contributed by atoms with Crippen LogP contribution in [0.3, 0.4) is 0 Å². The van der Waals surface area contributed by atoms with Crippen molar-refractivity contribution in [3.8, 4) is 0 Å². The molecule has 1 fully saturated rings. The van der Waals surface area contributed by atoms with Gasteiger partial charge in [-0.15, -0.1) is 11.8 Å². The molecule has 10 heteroatoms. The average molecular weight is 551 g/mol. The fourth-order valence-corrected chi connectivity index (χ4v) is 5.11. The van der Waals surface area contributed by atoms with Crippen molar-refractivity contribution in [2.24, 2.45) is 0 Å². The predicted molar refractivity (Wildman–Crippen MR) is 126 cm³/mol. The second-order valence-electron chi connectivity index (χ2n) is 7.38. The van der Waals surface area contributed by atoms with E-state index in [9.17, 15) is 18.0 Å². The Balaban J connectivity index is 1.82. The monoisotopic (exact) mass is 549 g/mol. The smallest absolute Gasteiger partial charge is 0.348 e. The number of carbonyl (C=O) groups is 1. The third kappa shape index (κ3) is 6.63. The van der Waals surface area contributed by atoms with Gasteiger partial charge in [0.1, 0.15) is 0 Å². The summed E-state index contributed by atoms with van der Waals surface area (Å²) in [6.45, 7) is 5.16. The first-order chi connectivity index (χ1) is 15.2. The number of halogens is 5. The Kier molecular flexibility index (Phi) is 8.91. The van der Waals surface area contributed by atoms with Crippen LogP contribution in [-0.4, -0.2) is 42.7 Å². The van der Waals surface area contributed by atoms with Gasteiger partial charge in [0.05, 0.1) is 5.56 Å². The van der Waals surface area contributed by atoms with Crippen molar-refractivity contribution in [1.82, 2.24) is 15.5 Å². The summed E-state index contributed by atoms with van der Waals surface area (Å²) in [5.74, 6) is 0.274. The third-order valence-electron chi connectivity index (χ3n) is 5.12. The van der Waals surface area contributed by atoms with Crippen LogP contribution in [0.15, 0.2) is 39.7 Å². The zero-order valence-electron chi connectivity index (χ0n) is 17.5. The maximum atomic E-state index is 13.9. The highest BCUT2D eigenvalue weighted by molar-refractivity contribution is 9.10. The summed E-state index contributed by atoms with van der Waals surface area (Å²) in [7, 11) is 0. The molecule has 32 heavy (non-hydrogen) atoms. The first-order valence-electron chi connectivity index (χ1n) is 10.2. The summed E-state index contributed by atoms with van der Waals surface area (Å²) in [5, 5.41) is 6.45. The van der Waals surface area contributed by atoms with E-state index in [-0.39, 0.29) is 28.7 Å². The number of nitrogens with one attached hydrogen (secondary N) is 2. The topological polar surface area (TPSA) is 44.4 Å². The number of piperazine rings is 1. The van der Waals surface area contributed by atoms with Crippen LogP contribution < -0.4 is 10.6 Å². The number of carbonyl (C=O) groups excluding carboxylic acids is 1. The van der Waals surface area contributed by atoms with Crippen LogP contribution in [-0.2, 0) is 19.3 Å². The van der Waals surface area contributed by atoms with Crippen LogP contribution in [0.4, 0.5) is 13.2 Å². The molecule has 3 rings (SSSR count). The van der Waals surface area contributed by atoms with Gasteiger partial charge in [-0.25, -0.2) is 0 Å². The Labute approximate surface area is 203 Å². The molecule has 0 radical (unpaired) electrons. The minimum absolute atomic E-state index is 0.0417. The standard InChI is InChI=1S/C22H24BrClF3N3OS/c1-2-32-20-4-3-16(24)9-15(20)12-29-21(31)14-10-18(22(25,26)27)17(19(23)11-14)13-30-7-5-28-6-8-30/h3-4,9-11,28H,2,5-8,12-13H2,1H3,(H,29,31). The van der Waals surface area contributed by atoms with Crippen molar-refractivity contribution in [1.29, 1.82) is 0 Å². The quantitative estimate of drug-likeness (QED) is 0.443. The summed E-state index contributed by atoms with van der Waals surface area (Å²) in [4.78, 5) is 15.7. The third-order valence-corrected chi connectivity index (χ3v) is 7.06. The minimum atomic E-state index is -4.57.